The number of rotatable bonds is 6. The van der Waals surface area contributed by atoms with Gasteiger partial charge in [-0.15, -0.1) is 0 Å². The molecule has 0 fully saturated rings. The van der Waals surface area contributed by atoms with Gasteiger partial charge in [0.15, 0.2) is 0 Å². The van der Waals surface area contributed by atoms with Crippen LogP contribution < -0.4 is 36.3 Å². The van der Waals surface area contributed by atoms with E-state index in [-0.39, 0.29) is 12.1 Å². The maximum atomic E-state index is 2.56. The smallest absolute Gasteiger partial charge is 0.252 e. The Hall–Kier alpha value is -5.78. The van der Waals surface area contributed by atoms with Crippen LogP contribution in [0.1, 0.15) is 26.3 Å². The molecule has 7 aromatic carbocycles. The van der Waals surface area contributed by atoms with Crippen LogP contribution in [0.25, 0.3) is 0 Å². The summed E-state index contributed by atoms with van der Waals surface area (Å²) in [4.78, 5) is 7.46. The largest absolute Gasteiger partial charge is 0.311 e. The Labute approximate surface area is 322 Å². The molecule has 264 valence electrons. The van der Waals surface area contributed by atoms with E-state index in [4.69, 9.17) is 0 Å². The van der Waals surface area contributed by atoms with Crippen molar-refractivity contribution >= 4 is 87.5 Å². The van der Waals surface area contributed by atoms with Crippen LogP contribution in [0.4, 0.5) is 51.2 Å². The Morgan fingerprint density at radius 3 is 1.54 bits per heavy atom. The minimum atomic E-state index is -1.79. The van der Waals surface area contributed by atoms with Crippen LogP contribution in [0.15, 0.2) is 170 Å². The number of fused-ring (bicyclic) bond motifs is 4. The molecule has 9 rings (SSSR count). The van der Waals surface area contributed by atoms with E-state index in [1.54, 1.807) is 0 Å². The predicted octanol–water partition coefficient (Wildman–Crippen LogP) is 11.1. The highest BCUT2D eigenvalue weighted by molar-refractivity contribution is 7.00. The van der Waals surface area contributed by atoms with Crippen LogP contribution in [0.2, 0.25) is 19.6 Å². The topological polar surface area (TPSA) is 9.72 Å². The molecule has 0 saturated carbocycles. The Morgan fingerprint density at radius 2 is 0.963 bits per heavy atom. The molecular weight excluding hydrogens is 669 g/mol. The molecule has 0 spiro atoms. The van der Waals surface area contributed by atoms with Crippen LogP contribution in [0.5, 0.6) is 0 Å². The Bertz CT molecular complexity index is 2430. The fraction of sp³-hybridized carbons (Fsp3) is 0.143. The van der Waals surface area contributed by atoms with Gasteiger partial charge in [0, 0.05) is 51.2 Å². The molecule has 0 aliphatic carbocycles. The fourth-order valence-corrected chi connectivity index (χ4v) is 9.49. The summed E-state index contributed by atoms with van der Waals surface area (Å²) in [5.74, 6) is 0. The van der Waals surface area contributed by atoms with E-state index >= 15 is 0 Å². The van der Waals surface area contributed by atoms with Crippen molar-refractivity contribution in [3.63, 3.8) is 0 Å². The number of para-hydroxylation sites is 4. The SMILES string of the molecule is CC(C)(C)c1ccc(N2c3cc(N(c4ccccc4)c4ccccc4)ccc3B3c4ccccc4N(c4ccccc4)c4cc([Si](C)(C)C)cc2c43)cc1. The number of hydrogen-bond donors (Lipinski definition) is 0. The third-order valence-electron chi connectivity index (χ3n) is 11.1. The first kappa shape index (κ1) is 34.0. The molecule has 7 aromatic rings. The van der Waals surface area contributed by atoms with Crippen molar-refractivity contribution in [1.29, 1.82) is 0 Å². The van der Waals surface area contributed by atoms with Gasteiger partial charge >= 0.3 is 0 Å². The maximum absolute atomic E-state index is 2.56. The lowest BCUT2D eigenvalue weighted by Gasteiger charge is -2.45. The highest BCUT2D eigenvalue weighted by Gasteiger charge is 2.44. The third-order valence-corrected chi connectivity index (χ3v) is 13.1. The van der Waals surface area contributed by atoms with Crippen molar-refractivity contribution in [1.82, 2.24) is 0 Å². The van der Waals surface area contributed by atoms with Gasteiger partial charge in [-0.05, 0) is 106 Å². The lowest BCUT2D eigenvalue weighted by Crippen LogP contribution is -2.62. The number of nitrogens with zero attached hydrogens (tertiary/aromatic N) is 3. The minimum absolute atomic E-state index is 0.0548. The molecule has 2 heterocycles. The van der Waals surface area contributed by atoms with Gasteiger partial charge in [-0.1, -0.05) is 137 Å². The molecule has 3 nitrogen and oxygen atoms in total. The Balaban J connectivity index is 1.36. The molecule has 0 saturated heterocycles. The summed E-state index contributed by atoms with van der Waals surface area (Å²) >= 11 is 0. The van der Waals surface area contributed by atoms with Crippen molar-refractivity contribution in [3.05, 3.63) is 175 Å². The summed E-state index contributed by atoms with van der Waals surface area (Å²) < 4.78 is 0. The van der Waals surface area contributed by atoms with Gasteiger partial charge in [0.25, 0.3) is 6.71 Å². The molecule has 5 heteroatoms. The van der Waals surface area contributed by atoms with Crippen LogP contribution in [-0.2, 0) is 5.41 Å². The van der Waals surface area contributed by atoms with Crippen molar-refractivity contribution in [2.45, 2.75) is 45.8 Å². The first-order valence-corrected chi connectivity index (χ1v) is 22.7. The first-order valence-electron chi connectivity index (χ1n) is 19.2. The van der Waals surface area contributed by atoms with Gasteiger partial charge in [0.05, 0.1) is 8.07 Å². The minimum Gasteiger partial charge on any atom is -0.311 e. The standard InChI is InChI=1S/C49H46BN3Si/c1-49(2,3)35-26-28-39(29-27-35)53-45-32-40(51(36-18-10-7-11-19-36)37-20-12-8-13-21-37)30-31-43(45)50-42-24-16-17-25-44(42)52(38-22-14-9-15-23-38)46-33-41(54(4,5)6)34-47(53)48(46)50/h7-34H,1-6H3. The van der Waals surface area contributed by atoms with E-state index < -0.39 is 8.07 Å². The van der Waals surface area contributed by atoms with Gasteiger partial charge in [-0.3, -0.25) is 0 Å². The van der Waals surface area contributed by atoms with Crippen LogP contribution in [0, 0.1) is 0 Å². The second-order valence-electron chi connectivity index (χ2n) is 16.7. The monoisotopic (exact) mass is 715 g/mol. The summed E-state index contributed by atoms with van der Waals surface area (Å²) in [7, 11) is -1.79. The molecule has 0 amide bonds. The first-order chi connectivity index (χ1) is 26.1. The Morgan fingerprint density at radius 1 is 0.463 bits per heavy atom. The second kappa shape index (κ2) is 13.0. The molecule has 0 bridgehead atoms. The molecular formula is C49H46BN3Si. The van der Waals surface area contributed by atoms with Gasteiger partial charge in [0.1, 0.15) is 0 Å². The third kappa shape index (κ3) is 5.75. The van der Waals surface area contributed by atoms with Crippen LogP contribution >= 0.6 is 0 Å². The van der Waals surface area contributed by atoms with Crippen molar-refractivity contribution in [3.8, 4) is 0 Å². The highest BCUT2D eigenvalue weighted by Crippen LogP contribution is 2.46. The quantitative estimate of drug-likeness (QED) is 0.159. The van der Waals surface area contributed by atoms with Crippen molar-refractivity contribution in [2.75, 3.05) is 14.7 Å². The van der Waals surface area contributed by atoms with E-state index in [9.17, 15) is 0 Å². The van der Waals surface area contributed by atoms with E-state index in [2.05, 4.69) is 225 Å². The van der Waals surface area contributed by atoms with Crippen LogP contribution in [-0.4, -0.2) is 14.8 Å². The van der Waals surface area contributed by atoms with Crippen molar-refractivity contribution < 1.29 is 0 Å². The summed E-state index contributed by atoms with van der Waals surface area (Å²) in [6.07, 6.45) is 0. The zero-order chi connectivity index (χ0) is 37.2. The molecule has 0 atom stereocenters. The summed E-state index contributed by atoms with van der Waals surface area (Å²) in [6, 6.07) is 63.0. The van der Waals surface area contributed by atoms with Gasteiger partial charge in [-0.25, -0.2) is 0 Å². The Kier molecular flexibility index (Phi) is 8.17. The van der Waals surface area contributed by atoms with Gasteiger partial charge in [-0.2, -0.15) is 0 Å². The highest BCUT2D eigenvalue weighted by atomic mass is 28.3. The van der Waals surface area contributed by atoms with E-state index in [1.165, 1.54) is 61.3 Å². The molecule has 54 heavy (non-hydrogen) atoms. The lowest BCUT2D eigenvalue weighted by molar-refractivity contribution is 0.590. The predicted molar refractivity (Wildman–Crippen MR) is 237 cm³/mol. The summed E-state index contributed by atoms with van der Waals surface area (Å²) in [6.45, 7) is 14.4. The fourth-order valence-electron chi connectivity index (χ4n) is 8.35. The summed E-state index contributed by atoms with van der Waals surface area (Å²) in [5.41, 5.74) is 16.1. The average molecular weight is 716 g/mol. The normalized spacial score (nSPS) is 13.3. The molecule has 0 N–H and O–H groups in total. The maximum Gasteiger partial charge on any atom is 0.252 e. The van der Waals surface area contributed by atoms with Gasteiger partial charge in [0.2, 0.25) is 0 Å². The number of anilines is 9. The van der Waals surface area contributed by atoms with Crippen molar-refractivity contribution in [2.24, 2.45) is 0 Å². The number of benzene rings is 7. The molecule has 0 radical (unpaired) electrons. The lowest BCUT2D eigenvalue weighted by atomic mass is 9.33. The molecule has 2 aliphatic heterocycles. The second-order valence-corrected chi connectivity index (χ2v) is 21.8. The number of hydrogen-bond acceptors (Lipinski definition) is 3. The van der Waals surface area contributed by atoms with Gasteiger partial charge < -0.3 is 14.7 Å². The molecule has 2 aliphatic rings. The molecule has 0 unspecified atom stereocenters. The summed E-state index contributed by atoms with van der Waals surface area (Å²) in [5, 5.41) is 1.45. The zero-order valence-electron chi connectivity index (χ0n) is 32.1. The van der Waals surface area contributed by atoms with E-state index in [1.807, 2.05) is 0 Å². The van der Waals surface area contributed by atoms with E-state index in [0.717, 1.165) is 17.1 Å². The zero-order valence-corrected chi connectivity index (χ0v) is 33.1. The van der Waals surface area contributed by atoms with Crippen LogP contribution in [0.3, 0.4) is 0 Å². The molecule has 0 aromatic heterocycles. The van der Waals surface area contributed by atoms with E-state index in [0.29, 0.717) is 0 Å². The average Bonchev–Trinajstić information content (AvgIpc) is 3.18.